The van der Waals surface area contributed by atoms with Crippen LogP contribution < -0.4 is 9.25 Å². The number of rotatable bonds is 7. The third-order valence-corrected chi connectivity index (χ3v) is 8.12. The van der Waals surface area contributed by atoms with Crippen molar-refractivity contribution in [3.05, 3.63) is 126 Å². The molecule has 2 amide bonds. The first-order chi connectivity index (χ1) is 18.9. The molecule has 0 saturated carbocycles. The first-order valence-corrected chi connectivity index (χ1v) is 13.8. The lowest BCUT2D eigenvalue weighted by atomic mass is 9.90. The van der Waals surface area contributed by atoms with Crippen LogP contribution in [-0.2, 0) is 31.1 Å². The Bertz CT molecular complexity index is 1600. The van der Waals surface area contributed by atoms with Gasteiger partial charge in [-0.05, 0) is 47.5 Å². The van der Waals surface area contributed by atoms with E-state index in [0.717, 1.165) is 5.56 Å². The second kappa shape index (κ2) is 10.0. The van der Waals surface area contributed by atoms with Gasteiger partial charge in [-0.15, -0.1) is 0 Å². The molecular formula is C30H24N2O6S. The second-order valence-corrected chi connectivity index (χ2v) is 10.9. The summed E-state index contributed by atoms with van der Waals surface area (Å²) in [5.41, 5.74) is 2.22. The number of carbonyl (C=O) groups is 2. The molecule has 0 unspecified atom stereocenters. The lowest BCUT2D eigenvalue weighted by Gasteiger charge is -2.28. The van der Waals surface area contributed by atoms with E-state index in [2.05, 4.69) is 0 Å². The van der Waals surface area contributed by atoms with Crippen LogP contribution in [0.25, 0.3) is 0 Å². The molecule has 2 aliphatic rings. The van der Waals surface area contributed by atoms with Gasteiger partial charge in [0.1, 0.15) is 16.6 Å². The third kappa shape index (κ3) is 4.67. The Balaban J connectivity index is 1.31. The average molecular weight is 541 g/mol. The maximum absolute atomic E-state index is 13.7. The summed E-state index contributed by atoms with van der Waals surface area (Å²) in [6.45, 7) is 0.164. The van der Waals surface area contributed by atoms with Crippen molar-refractivity contribution in [3.63, 3.8) is 0 Å². The van der Waals surface area contributed by atoms with Crippen LogP contribution in [0.5, 0.6) is 5.75 Å². The SMILES string of the molecule is O=C1[C@H]2[C@H](ON(c3ccccc3)[C@H]2c2ccc(OS(=O)(=O)c3ccccc3)cc2)C(=O)N1Cc1ccccc1. The van der Waals surface area contributed by atoms with E-state index < -0.39 is 28.2 Å². The lowest BCUT2D eigenvalue weighted by Crippen LogP contribution is -2.36. The number of imide groups is 1. The topological polar surface area (TPSA) is 93.2 Å². The summed E-state index contributed by atoms with van der Waals surface area (Å²) in [7, 11) is -4.01. The van der Waals surface area contributed by atoms with E-state index in [0.29, 0.717) is 11.3 Å². The molecule has 6 rings (SSSR count). The van der Waals surface area contributed by atoms with Gasteiger partial charge in [0, 0.05) is 0 Å². The van der Waals surface area contributed by atoms with E-state index in [4.69, 9.17) is 9.02 Å². The maximum Gasteiger partial charge on any atom is 0.339 e. The molecule has 0 aromatic heterocycles. The minimum atomic E-state index is -4.01. The van der Waals surface area contributed by atoms with Gasteiger partial charge in [-0.25, -0.2) is 5.06 Å². The highest BCUT2D eigenvalue weighted by molar-refractivity contribution is 7.87. The molecule has 2 saturated heterocycles. The van der Waals surface area contributed by atoms with Gasteiger partial charge in [0.15, 0.2) is 6.10 Å². The standard InChI is InChI=1S/C30H24N2O6S/c33-29-26-27(22-16-18-24(19-17-22)38-39(35,36)25-14-8-3-9-15-25)32(23-12-6-2-7-13-23)37-28(26)30(34)31(29)20-21-10-4-1-5-11-21/h1-19,26-28H,20H2/t26-,27+,28+/m1/s1. The van der Waals surface area contributed by atoms with Crippen LogP contribution in [0.1, 0.15) is 17.2 Å². The Kier molecular flexibility index (Phi) is 6.38. The van der Waals surface area contributed by atoms with E-state index in [1.165, 1.54) is 29.2 Å². The number of benzene rings is 4. The number of hydrogen-bond acceptors (Lipinski definition) is 7. The number of amides is 2. The number of carbonyl (C=O) groups excluding carboxylic acids is 2. The van der Waals surface area contributed by atoms with Crippen LogP contribution in [0.3, 0.4) is 0 Å². The minimum Gasteiger partial charge on any atom is -0.379 e. The summed E-state index contributed by atoms with van der Waals surface area (Å²) >= 11 is 0. The summed E-state index contributed by atoms with van der Waals surface area (Å²) in [6, 6.07) is 32.3. The van der Waals surface area contributed by atoms with E-state index in [1.54, 1.807) is 35.4 Å². The lowest BCUT2D eigenvalue weighted by molar-refractivity contribution is -0.143. The van der Waals surface area contributed by atoms with Crippen molar-refractivity contribution in [3.8, 4) is 5.75 Å². The summed E-state index contributed by atoms with van der Waals surface area (Å²) in [4.78, 5) is 34.5. The zero-order valence-electron chi connectivity index (χ0n) is 20.7. The number of hydroxylamine groups is 1. The van der Waals surface area contributed by atoms with Crippen molar-refractivity contribution in [1.82, 2.24) is 4.90 Å². The molecule has 0 spiro atoms. The van der Waals surface area contributed by atoms with Crippen LogP contribution in [0.15, 0.2) is 120 Å². The third-order valence-electron chi connectivity index (χ3n) is 6.86. The minimum absolute atomic E-state index is 0.0462. The molecule has 196 valence electrons. The molecular weight excluding hydrogens is 516 g/mol. The molecule has 2 fully saturated rings. The molecule has 0 N–H and O–H groups in total. The largest absolute Gasteiger partial charge is 0.379 e. The van der Waals surface area contributed by atoms with E-state index in [1.807, 2.05) is 60.7 Å². The highest BCUT2D eigenvalue weighted by Crippen LogP contribution is 2.47. The Morgan fingerprint density at radius 1 is 0.718 bits per heavy atom. The van der Waals surface area contributed by atoms with Gasteiger partial charge in [-0.2, -0.15) is 8.42 Å². The van der Waals surface area contributed by atoms with Gasteiger partial charge in [0.2, 0.25) is 5.91 Å². The van der Waals surface area contributed by atoms with E-state index >= 15 is 0 Å². The zero-order valence-corrected chi connectivity index (χ0v) is 21.5. The average Bonchev–Trinajstić information content (AvgIpc) is 3.47. The molecule has 8 nitrogen and oxygen atoms in total. The predicted molar refractivity (Wildman–Crippen MR) is 143 cm³/mol. The highest BCUT2D eigenvalue weighted by atomic mass is 32.2. The van der Waals surface area contributed by atoms with Crippen molar-refractivity contribution >= 4 is 27.6 Å². The van der Waals surface area contributed by atoms with Crippen molar-refractivity contribution in [2.75, 3.05) is 5.06 Å². The van der Waals surface area contributed by atoms with Gasteiger partial charge in [-0.3, -0.25) is 19.3 Å². The molecule has 0 aliphatic carbocycles. The zero-order chi connectivity index (χ0) is 27.0. The Morgan fingerprint density at radius 3 is 1.95 bits per heavy atom. The molecule has 3 atom stereocenters. The first-order valence-electron chi connectivity index (χ1n) is 12.4. The smallest absolute Gasteiger partial charge is 0.339 e. The number of likely N-dealkylation sites (tertiary alicyclic amines) is 1. The monoisotopic (exact) mass is 540 g/mol. The van der Waals surface area contributed by atoms with Crippen LogP contribution in [-0.4, -0.2) is 31.2 Å². The van der Waals surface area contributed by atoms with Crippen molar-refractivity contribution < 1.29 is 27.0 Å². The van der Waals surface area contributed by atoms with Gasteiger partial charge in [-0.1, -0.05) is 78.9 Å². The van der Waals surface area contributed by atoms with Crippen molar-refractivity contribution in [1.29, 1.82) is 0 Å². The number of para-hydroxylation sites is 1. The molecule has 0 bridgehead atoms. The fourth-order valence-electron chi connectivity index (χ4n) is 5.01. The number of anilines is 1. The van der Waals surface area contributed by atoms with E-state index in [9.17, 15) is 18.0 Å². The van der Waals surface area contributed by atoms with Crippen LogP contribution >= 0.6 is 0 Å². The van der Waals surface area contributed by atoms with Gasteiger partial charge in [0.25, 0.3) is 5.91 Å². The summed E-state index contributed by atoms with van der Waals surface area (Å²) in [5, 5.41) is 1.60. The maximum atomic E-state index is 13.7. The Morgan fingerprint density at radius 2 is 1.31 bits per heavy atom. The summed E-state index contributed by atoms with van der Waals surface area (Å²) in [6.07, 6.45) is -0.971. The van der Waals surface area contributed by atoms with Gasteiger partial charge < -0.3 is 4.18 Å². The number of fused-ring (bicyclic) bond motifs is 1. The van der Waals surface area contributed by atoms with Gasteiger partial charge in [0.05, 0.1) is 18.3 Å². The summed E-state index contributed by atoms with van der Waals surface area (Å²) < 4.78 is 30.6. The predicted octanol–water partition coefficient (Wildman–Crippen LogP) is 4.50. The van der Waals surface area contributed by atoms with Crippen LogP contribution in [0.4, 0.5) is 5.69 Å². The molecule has 39 heavy (non-hydrogen) atoms. The number of nitrogens with zero attached hydrogens (tertiary/aromatic N) is 2. The Labute approximate surface area is 226 Å². The molecule has 4 aromatic carbocycles. The molecule has 0 radical (unpaired) electrons. The number of hydrogen-bond donors (Lipinski definition) is 0. The quantitative estimate of drug-likeness (QED) is 0.252. The van der Waals surface area contributed by atoms with Gasteiger partial charge >= 0.3 is 10.1 Å². The molecule has 4 aromatic rings. The second-order valence-electron chi connectivity index (χ2n) is 9.33. The normalized spacial score (nSPS) is 20.8. The van der Waals surface area contributed by atoms with Crippen molar-refractivity contribution in [2.45, 2.75) is 23.6 Å². The van der Waals surface area contributed by atoms with Crippen LogP contribution in [0.2, 0.25) is 0 Å². The fourth-order valence-corrected chi connectivity index (χ4v) is 5.96. The molecule has 2 aliphatic heterocycles. The molecule has 2 heterocycles. The van der Waals surface area contributed by atoms with Crippen molar-refractivity contribution in [2.24, 2.45) is 5.92 Å². The fraction of sp³-hybridized carbons (Fsp3) is 0.133. The highest BCUT2D eigenvalue weighted by Gasteiger charge is 2.59. The van der Waals surface area contributed by atoms with Crippen LogP contribution in [0, 0.1) is 5.92 Å². The molecule has 9 heteroatoms. The van der Waals surface area contributed by atoms with E-state index in [-0.39, 0.29) is 29.0 Å². The first kappa shape index (κ1) is 24.8. The Hall–Kier alpha value is -4.47. The summed E-state index contributed by atoms with van der Waals surface area (Å²) in [5.74, 6) is -1.35.